The molecule has 0 aliphatic carbocycles. The number of thiazole rings is 1. The van der Waals surface area contributed by atoms with Crippen LogP contribution in [0.15, 0.2) is 48.5 Å². The summed E-state index contributed by atoms with van der Waals surface area (Å²) >= 11 is 3.27. The summed E-state index contributed by atoms with van der Waals surface area (Å²) in [7, 11) is 0. The van der Waals surface area contributed by atoms with Crippen molar-refractivity contribution >= 4 is 44.9 Å². The van der Waals surface area contributed by atoms with Crippen LogP contribution in [-0.4, -0.2) is 31.4 Å². The number of anilines is 1. The van der Waals surface area contributed by atoms with Gasteiger partial charge in [0.15, 0.2) is 5.82 Å². The summed E-state index contributed by atoms with van der Waals surface area (Å²) < 4.78 is 3.41. The zero-order chi connectivity index (χ0) is 21.0. The van der Waals surface area contributed by atoms with Crippen molar-refractivity contribution in [2.45, 2.75) is 38.0 Å². The van der Waals surface area contributed by atoms with E-state index in [4.69, 9.17) is 0 Å². The van der Waals surface area contributed by atoms with Crippen LogP contribution in [0.5, 0.6) is 0 Å². The Balaban J connectivity index is 1.20. The van der Waals surface area contributed by atoms with Crippen molar-refractivity contribution in [2.75, 3.05) is 11.1 Å². The number of aryl methyl sites for hydroxylation is 1. The molecule has 1 amide bonds. The SMILES string of the molecule is O=C(CSCc1nc2ccccc2s1)Nc1cccc(-c2nnc3n2CCCCC3)c1. The molecule has 3 heterocycles. The van der Waals surface area contributed by atoms with Gasteiger partial charge in [0.25, 0.3) is 0 Å². The molecule has 4 aromatic rings. The van der Waals surface area contributed by atoms with Crippen LogP contribution in [0, 0.1) is 0 Å². The predicted molar refractivity (Wildman–Crippen MR) is 127 cm³/mol. The smallest absolute Gasteiger partial charge is 0.234 e. The zero-order valence-electron chi connectivity index (χ0n) is 17.1. The number of para-hydroxylation sites is 1. The van der Waals surface area contributed by atoms with E-state index in [2.05, 4.69) is 31.1 Å². The second-order valence-electron chi connectivity index (χ2n) is 7.60. The number of amides is 1. The number of benzene rings is 2. The minimum absolute atomic E-state index is 0.0108. The zero-order valence-corrected chi connectivity index (χ0v) is 18.7. The van der Waals surface area contributed by atoms with Gasteiger partial charge < -0.3 is 9.88 Å². The monoisotopic (exact) mass is 449 g/mol. The maximum absolute atomic E-state index is 12.5. The van der Waals surface area contributed by atoms with Crippen LogP contribution in [-0.2, 0) is 23.5 Å². The third kappa shape index (κ3) is 4.65. The highest BCUT2D eigenvalue weighted by molar-refractivity contribution is 7.99. The molecule has 31 heavy (non-hydrogen) atoms. The maximum atomic E-state index is 12.5. The normalized spacial score (nSPS) is 13.7. The van der Waals surface area contributed by atoms with Gasteiger partial charge in [-0.3, -0.25) is 4.79 Å². The molecular formula is C23H23N5OS2. The average Bonchev–Trinajstić information content (AvgIpc) is 3.30. The molecule has 158 valence electrons. The molecular weight excluding hydrogens is 426 g/mol. The number of nitrogens with zero attached hydrogens (tertiary/aromatic N) is 4. The summed E-state index contributed by atoms with van der Waals surface area (Å²) in [4.78, 5) is 17.1. The van der Waals surface area contributed by atoms with Crippen LogP contribution in [0.25, 0.3) is 21.6 Å². The molecule has 0 radical (unpaired) electrons. The number of carbonyl (C=O) groups is 1. The molecule has 5 rings (SSSR count). The third-order valence-corrected chi connectivity index (χ3v) is 7.47. The summed E-state index contributed by atoms with van der Waals surface area (Å²) in [6.45, 7) is 0.955. The maximum Gasteiger partial charge on any atom is 0.234 e. The minimum Gasteiger partial charge on any atom is -0.325 e. The van der Waals surface area contributed by atoms with E-state index in [0.717, 1.165) is 58.6 Å². The molecule has 8 heteroatoms. The molecule has 0 unspecified atom stereocenters. The number of carbonyl (C=O) groups excluding carboxylic acids is 1. The first-order chi connectivity index (χ1) is 15.3. The second-order valence-corrected chi connectivity index (χ2v) is 9.70. The van der Waals surface area contributed by atoms with E-state index in [1.165, 1.54) is 17.5 Å². The molecule has 1 aliphatic heterocycles. The Hall–Kier alpha value is -2.71. The van der Waals surface area contributed by atoms with Crippen molar-refractivity contribution in [3.05, 3.63) is 59.4 Å². The quantitative estimate of drug-likeness (QED) is 0.441. The van der Waals surface area contributed by atoms with Crippen LogP contribution < -0.4 is 5.32 Å². The van der Waals surface area contributed by atoms with E-state index >= 15 is 0 Å². The predicted octanol–water partition coefficient (Wildman–Crippen LogP) is 5.15. The molecule has 0 bridgehead atoms. The highest BCUT2D eigenvalue weighted by Crippen LogP contribution is 2.26. The van der Waals surface area contributed by atoms with Gasteiger partial charge in [-0.05, 0) is 37.1 Å². The fourth-order valence-corrected chi connectivity index (χ4v) is 5.69. The van der Waals surface area contributed by atoms with Gasteiger partial charge in [-0.15, -0.1) is 33.3 Å². The van der Waals surface area contributed by atoms with Gasteiger partial charge in [0.2, 0.25) is 5.91 Å². The number of thioether (sulfide) groups is 1. The Morgan fingerprint density at radius 1 is 1.10 bits per heavy atom. The Bertz CT molecular complexity index is 1180. The first-order valence-corrected chi connectivity index (χ1v) is 12.5. The van der Waals surface area contributed by atoms with Crippen LogP contribution in [0.4, 0.5) is 5.69 Å². The van der Waals surface area contributed by atoms with Crippen LogP contribution in [0.1, 0.15) is 30.1 Å². The van der Waals surface area contributed by atoms with E-state index in [0.29, 0.717) is 5.75 Å². The van der Waals surface area contributed by atoms with Crippen molar-refractivity contribution in [1.29, 1.82) is 0 Å². The highest BCUT2D eigenvalue weighted by atomic mass is 32.2. The van der Waals surface area contributed by atoms with Gasteiger partial charge in [-0.25, -0.2) is 4.98 Å². The van der Waals surface area contributed by atoms with Gasteiger partial charge in [-0.1, -0.05) is 30.7 Å². The Morgan fingerprint density at radius 2 is 2.03 bits per heavy atom. The number of hydrogen-bond donors (Lipinski definition) is 1. The number of fused-ring (bicyclic) bond motifs is 2. The standard InChI is InChI=1S/C23H23N5OS2/c29-21(14-30-15-22-25-18-9-3-4-10-19(18)31-22)24-17-8-6-7-16(13-17)23-27-26-20-11-2-1-5-12-28(20)23/h3-4,6-10,13H,1-2,5,11-12,14-15H2,(H,24,29). The first kappa shape index (κ1) is 20.2. The molecule has 1 aliphatic rings. The fraction of sp³-hybridized carbons (Fsp3) is 0.304. The lowest BCUT2D eigenvalue weighted by Crippen LogP contribution is -2.14. The molecule has 0 atom stereocenters. The van der Waals surface area contributed by atoms with Gasteiger partial charge in [0.05, 0.1) is 16.0 Å². The molecule has 0 fully saturated rings. The van der Waals surface area contributed by atoms with Gasteiger partial charge in [0, 0.05) is 30.0 Å². The Morgan fingerprint density at radius 3 is 2.97 bits per heavy atom. The van der Waals surface area contributed by atoms with Crippen molar-refractivity contribution in [2.24, 2.45) is 0 Å². The van der Waals surface area contributed by atoms with Crippen LogP contribution >= 0.6 is 23.1 Å². The minimum atomic E-state index is -0.0108. The van der Waals surface area contributed by atoms with Crippen LogP contribution in [0.2, 0.25) is 0 Å². The topological polar surface area (TPSA) is 72.7 Å². The van der Waals surface area contributed by atoms with Gasteiger partial charge in [-0.2, -0.15) is 0 Å². The number of nitrogens with one attached hydrogen (secondary N) is 1. The number of hydrogen-bond acceptors (Lipinski definition) is 6. The fourth-order valence-electron chi connectivity index (χ4n) is 3.84. The van der Waals surface area contributed by atoms with Crippen LogP contribution in [0.3, 0.4) is 0 Å². The lowest BCUT2D eigenvalue weighted by Gasteiger charge is -2.09. The van der Waals surface area contributed by atoms with Gasteiger partial charge in [0.1, 0.15) is 10.8 Å². The van der Waals surface area contributed by atoms with E-state index in [1.54, 1.807) is 23.1 Å². The largest absolute Gasteiger partial charge is 0.325 e. The highest BCUT2D eigenvalue weighted by Gasteiger charge is 2.16. The van der Waals surface area contributed by atoms with Gasteiger partial charge >= 0.3 is 0 Å². The van der Waals surface area contributed by atoms with E-state index in [9.17, 15) is 4.79 Å². The van der Waals surface area contributed by atoms with E-state index in [1.807, 2.05) is 42.5 Å². The second kappa shape index (κ2) is 9.20. The van der Waals surface area contributed by atoms with Crippen molar-refractivity contribution in [1.82, 2.24) is 19.7 Å². The summed E-state index contributed by atoms with van der Waals surface area (Å²) in [5, 5.41) is 12.9. The van der Waals surface area contributed by atoms with Crippen molar-refractivity contribution in [3.63, 3.8) is 0 Å². The summed E-state index contributed by atoms with van der Waals surface area (Å²) in [5.41, 5.74) is 2.80. The summed E-state index contributed by atoms with van der Waals surface area (Å²) in [6.07, 6.45) is 4.53. The molecule has 0 spiro atoms. The molecule has 0 saturated carbocycles. The summed E-state index contributed by atoms with van der Waals surface area (Å²) in [5.74, 6) is 3.06. The van der Waals surface area contributed by atoms with E-state index < -0.39 is 0 Å². The Labute approximate surface area is 189 Å². The summed E-state index contributed by atoms with van der Waals surface area (Å²) in [6, 6.07) is 16.0. The lowest BCUT2D eigenvalue weighted by molar-refractivity contribution is -0.113. The average molecular weight is 450 g/mol. The molecule has 6 nitrogen and oxygen atoms in total. The van der Waals surface area contributed by atoms with Crippen molar-refractivity contribution in [3.8, 4) is 11.4 Å². The molecule has 2 aromatic heterocycles. The number of rotatable bonds is 6. The molecule has 0 saturated heterocycles. The molecule has 1 N–H and O–H groups in total. The third-order valence-electron chi connectivity index (χ3n) is 5.31. The molecule has 2 aromatic carbocycles. The van der Waals surface area contributed by atoms with E-state index in [-0.39, 0.29) is 5.91 Å². The first-order valence-electron chi connectivity index (χ1n) is 10.5. The lowest BCUT2D eigenvalue weighted by atomic mass is 10.2. The van der Waals surface area contributed by atoms with Crippen molar-refractivity contribution < 1.29 is 4.79 Å². The number of aromatic nitrogens is 4. The Kier molecular flexibility index (Phi) is 5.99.